The molecule has 292 valence electrons. The average molecular weight is 733 g/mol. The Morgan fingerprint density at radius 3 is 1.96 bits per heavy atom. The fourth-order valence-electron chi connectivity index (χ4n) is 6.31. The third kappa shape index (κ3) is 24.6. The number of aliphatic hydroxyl groups is 3. The first-order valence-corrected chi connectivity index (χ1v) is 20.9. The van der Waals surface area contributed by atoms with E-state index in [9.17, 15) is 29.5 Å². The molecular weight excluding hydrogens is 663 g/mol. The Bertz CT molecular complexity index is 982. The third-order valence-electron chi connectivity index (χ3n) is 9.29. The molecule has 1 aliphatic carbocycles. The minimum atomic E-state index is -4.81. The molecule has 0 aromatic heterocycles. The lowest BCUT2D eigenvalue weighted by Crippen LogP contribution is -2.29. The van der Waals surface area contributed by atoms with E-state index in [0.29, 0.717) is 38.5 Å². The molecule has 5 N–H and O–H groups in total. The molecule has 1 saturated carbocycles. The molecule has 1 rings (SSSR count). The van der Waals surface area contributed by atoms with Gasteiger partial charge in [0, 0.05) is 25.2 Å². The standard InChI is InChI=1S/C38H69O11P/c1-3-5-7-8-9-10-11-12-13-14-15-21-25-38(43)49-32(30-48-50(44,45)46)29-47-37(42)24-20-17-16-19-23-33-34(36(41)28-35(33)40)27-26-31(39)22-18-6-4-2/h16,19,26-27,31-36,39-41H,3-15,17-18,20-25,28-30H2,1-2H3,(H2,44,45,46)/b19-16+,27-26+/t31-,32+,33+,34+,35-,36+/m0/s1. The van der Waals surface area contributed by atoms with Gasteiger partial charge in [-0.25, -0.2) is 4.57 Å². The fourth-order valence-corrected chi connectivity index (χ4v) is 6.67. The monoisotopic (exact) mass is 732 g/mol. The first kappa shape index (κ1) is 46.4. The second-order valence-electron chi connectivity index (χ2n) is 13.9. The largest absolute Gasteiger partial charge is 0.469 e. The number of rotatable bonds is 31. The number of phosphoric acid groups is 1. The highest BCUT2D eigenvalue weighted by atomic mass is 31.2. The van der Waals surface area contributed by atoms with E-state index in [4.69, 9.17) is 19.3 Å². The molecule has 0 heterocycles. The Morgan fingerprint density at radius 1 is 0.760 bits per heavy atom. The van der Waals surface area contributed by atoms with Crippen molar-refractivity contribution >= 4 is 19.8 Å². The Morgan fingerprint density at radius 2 is 1.34 bits per heavy atom. The lowest BCUT2D eigenvalue weighted by molar-refractivity contribution is -0.161. The Hall–Kier alpha value is -1.59. The first-order valence-electron chi connectivity index (χ1n) is 19.4. The number of carbonyl (C=O) groups excluding carboxylic acids is 2. The van der Waals surface area contributed by atoms with Crippen molar-refractivity contribution in [2.24, 2.45) is 11.8 Å². The van der Waals surface area contributed by atoms with Crippen LogP contribution in [0.5, 0.6) is 0 Å². The van der Waals surface area contributed by atoms with Crippen molar-refractivity contribution in [2.75, 3.05) is 13.2 Å². The molecule has 0 aromatic carbocycles. The van der Waals surface area contributed by atoms with E-state index in [1.165, 1.54) is 51.4 Å². The van der Waals surface area contributed by atoms with Crippen molar-refractivity contribution in [3.05, 3.63) is 24.3 Å². The highest BCUT2D eigenvalue weighted by molar-refractivity contribution is 7.46. The van der Waals surface area contributed by atoms with Crippen molar-refractivity contribution in [3.8, 4) is 0 Å². The molecular formula is C38H69O11P. The molecule has 0 aliphatic heterocycles. The lowest BCUT2D eigenvalue weighted by Gasteiger charge is -2.19. The minimum absolute atomic E-state index is 0.0925. The molecule has 0 amide bonds. The number of unbranched alkanes of at least 4 members (excludes halogenated alkanes) is 14. The van der Waals surface area contributed by atoms with Crippen molar-refractivity contribution in [1.29, 1.82) is 0 Å². The number of ether oxygens (including phenoxy) is 2. The van der Waals surface area contributed by atoms with Gasteiger partial charge in [0.05, 0.1) is 24.9 Å². The van der Waals surface area contributed by atoms with Crippen LogP contribution in [0.15, 0.2) is 24.3 Å². The van der Waals surface area contributed by atoms with E-state index in [1.807, 2.05) is 18.2 Å². The van der Waals surface area contributed by atoms with Crippen LogP contribution >= 0.6 is 7.82 Å². The number of phosphoric ester groups is 1. The summed E-state index contributed by atoms with van der Waals surface area (Å²) in [5.41, 5.74) is 0. The number of aliphatic hydroxyl groups excluding tert-OH is 3. The van der Waals surface area contributed by atoms with Crippen LogP contribution in [0.4, 0.5) is 0 Å². The van der Waals surface area contributed by atoms with Gasteiger partial charge in [-0.3, -0.25) is 14.1 Å². The molecule has 0 aromatic rings. The van der Waals surface area contributed by atoms with Crippen LogP contribution in [0.25, 0.3) is 0 Å². The highest BCUT2D eigenvalue weighted by Crippen LogP contribution is 2.37. The van der Waals surface area contributed by atoms with Gasteiger partial charge in [-0.1, -0.05) is 128 Å². The molecule has 1 fully saturated rings. The Balaban J connectivity index is 2.34. The normalized spacial score (nSPS) is 20.9. The van der Waals surface area contributed by atoms with Gasteiger partial charge < -0.3 is 34.6 Å². The van der Waals surface area contributed by atoms with Crippen molar-refractivity contribution in [1.82, 2.24) is 0 Å². The summed E-state index contributed by atoms with van der Waals surface area (Å²) < 4.78 is 26.3. The van der Waals surface area contributed by atoms with Crippen molar-refractivity contribution < 1.29 is 53.3 Å². The van der Waals surface area contributed by atoms with Gasteiger partial charge in [-0.15, -0.1) is 0 Å². The SMILES string of the molecule is CCCCCCCCCCCCCCC(=O)O[C@H](COC(=O)CCC/C=C/C[C@@H]1[C@@H](/C=C/[C@@H](O)CCCCC)[C@H](O)C[C@@H]1O)COP(=O)(O)O. The van der Waals surface area contributed by atoms with Crippen LogP contribution in [-0.2, 0) is 28.2 Å². The number of allylic oxidation sites excluding steroid dienone is 2. The maximum absolute atomic E-state index is 12.4. The van der Waals surface area contributed by atoms with E-state index in [-0.39, 0.29) is 31.3 Å². The summed E-state index contributed by atoms with van der Waals surface area (Å²) in [6.07, 6.45) is 24.3. The van der Waals surface area contributed by atoms with Gasteiger partial charge in [0.15, 0.2) is 6.10 Å². The second-order valence-corrected chi connectivity index (χ2v) is 15.1. The molecule has 0 spiro atoms. The van der Waals surface area contributed by atoms with Gasteiger partial charge in [0.2, 0.25) is 0 Å². The highest BCUT2D eigenvalue weighted by Gasteiger charge is 2.39. The lowest BCUT2D eigenvalue weighted by atomic mass is 9.89. The fraction of sp³-hybridized carbons (Fsp3) is 0.842. The van der Waals surface area contributed by atoms with Crippen LogP contribution in [0, 0.1) is 11.8 Å². The molecule has 12 heteroatoms. The van der Waals surface area contributed by atoms with Crippen molar-refractivity contribution in [3.63, 3.8) is 0 Å². The van der Waals surface area contributed by atoms with E-state index < -0.39 is 50.8 Å². The smallest absolute Gasteiger partial charge is 0.462 e. The van der Waals surface area contributed by atoms with Gasteiger partial charge in [0.1, 0.15) is 6.61 Å². The van der Waals surface area contributed by atoms with Gasteiger partial charge in [-0.2, -0.15) is 0 Å². The van der Waals surface area contributed by atoms with Gasteiger partial charge in [0.25, 0.3) is 0 Å². The Labute approximate surface area is 301 Å². The Kier molecular flexibility index (Phi) is 26.9. The topological polar surface area (TPSA) is 180 Å². The summed E-state index contributed by atoms with van der Waals surface area (Å²) in [7, 11) is -4.81. The van der Waals surface area contributed by atoms with Crippen LogP contribution in [0.2, 0.25) is 0 Å². The van der Waals surface area contributed by atoms with Gasteiger partial charge >= 0.3 is 19.8 Å². The minimum Gasteiger partial charge on any atom is -0.462 e. The van der Waals surface area contributed by atoms with E-state index in [1.54, 1.807) is 6.08 Å². The number of esters is 2. The summed E-state index contributed by atoms with van der Waals surface area (Å²) in [6, 6.07) is 0. The summed E-state index contributed by atoms with van der Waals surface area (Å²) >= 11 is 0. The zero-order valence-corrected chi connectivity index (χ0v) is 31.8. The molecule has 6 atom stereocenters. The maximum Gasteiger partial charge on any atom is 0.469 e. The van der Waals surface area contributed by atoms with Crippen LogP contribution in [-0.4, -0.2) is 74.7 Å². The summed E-state index contributed by atoms with van der Waals surface area (Å²) in [5.74, 6) is -1.47. The third-order valence-corrected chi connectivity index (χ3v) is 9.78. The number of hydrogen-bond acceptors (Lipinski definition) is 9. The van der Waals surface area contributed by atoms with Crippen LogP contribution in [0.1, 0.15) is 155 Å². The van der Waals surface area contributed by atoms with E-state index >= 15 is 0 Å². The quantitative estimate of drug-likeness (QED) is 0.0205. The molecule has 0 bridgehead atoms. The summed E-state index contributed by atoms with van der Waals surface area (Å²) in [4.78, 5) is 42.9. The maximum atomic E-state index is 12.4. The molecule has 11 nitrogen and oxygen atoms in total. The van der Waals surface area contributed by atoms with Crippen LogP contribution < -0.4 is 0 Å². The zero-order chi connectivity index (χ0) is 37.0. The predicted molar refractivity (Wildman–Crippen MR) is 195 cm³/mol. The molecule has 0 unspecified atom stereocenters. The second kappa shape index (κ2) is 28.9. The van der Waals surface area contributed by atoms with E-state index in [2.05, 4.69) is 18.4 Å². The molecule has 1 aliphatic rings. The summed E-state index contributed by atoms with van der Waals surface area (Å²) in [6.45, 7) is 3.36. The average Bonchev–Trinajstić information content (AvgIpc) is 3.33. The predicted octanol–water partition coefficient (Wildman–Crippen LogP) is 7.61. The van der Waals surface area contributed by atoms with Gasteiger partial charge in [-0.05, 0) is 38.0 Å². The first-order chi connectivity index (χ1) is 24.0. The number of carbonyl (C=O) groups is 2. The number of hydrogen-bond donors (Lipinski definition) is 5. The van der Waals surface area contributed by atoms with Crippen molar-refractivity contribution in [2.45, 2.75) is 180 Å². The summed E-state index contributed by atoms with van der Waals surface area (Å²) in [5, 5.41) is 31.1. The molecule has 0 saturated heterocycles. The molecule has 0 radical (unpaired) electrons. The zero-order valence-electron chi connectivity index (χ0n) is 30.9. The van der Waals surface area contributed by atoms with E-state index in [0.717, 1.165) is 38.5 Å². The van der Waals surface area contributed by atoms with Crippen LogP contribution in [0.3, 0.4) is 0 Å². The molecule has 50 heavy (non-hydrogen) atoms.